The standard InChI is InChI=1S/C24H26N8O2/c1-33-11-3-10-26-20-7-4-16(12-28-20)21-31-22(32-34-21)24(8-2-9-24)18-5-6-19(27-15-18)17-13-29-23(25)30-14-17/h4-7,12-15H,2-3,8-11H2,1H3,(H,26,28)(H2,25,29,30). The van der Waals surface area contributed by atoms with Crippen LogP contribution in [0.25, 0.3) is 22.7 Å². The molecule has 10 heteroatoms. The summed E-state index contributed by atoms with van der Waals surface area (Å²) in [6.45, 7) is 1.51. The van der Waals surface area contributed by atoms with Crippen molar-refractivity contribution in [2.24, 2.45) is 0 Å². The molecule has 34 heavy (non-hydrogen) atoms. The number of hydrogen-bond donors (Lipinski definition) is 2. The Morgan fingerprint density at radius 2 is 1.82 bits per heavy atom. The second-order valence-electron chi connectivity index (χ2n) is 8.33. The molecule has 0 spiro atoms. The van der Waals surface area contributed by atoms with Gasteiger partial charge in [0, 0.05) is 50.6 Å². The monoisotopic (exact) mass is 458 g/mol. The Morgan fingerprint density at radius 3 is 2.47 bits per heavy atom. The minimum absolute atomic E-state index is 0.241. The fourth-order valence-electron chi connectivity index (χ4n) is 4.08. The molecule has 4 aromatic rings. The first-order valence-corrected chi connectivity index (χ1v) is 11.3. The van der Waals surface area contributed by atoms with Gasteiger partial charge in [-0.05, 0) is 43.0 Å². The van der Waals surface area contributed by atoms with Gasteiger partial charge in [0.25, 0.3) is 5.89 Å². The first-order valence-electron chi connectivity index (χ1n) is 11.3. The van der Waals surface area contributed by atoms with Crippen LogP contribution >= 0.6 is 0 Å². The lowest BCUT2D eigenvalue weighted by Gasteiger charge is -2.39. The average Bonchev–Trinajstić information content (AvgIpc) is 3.33. The molecular weight excluding hydrogens is 432 g/mol. The summed E-state index contributed by atoms with van der Waals surface area (Å²) in [6.07, 6.45) is 10.9. The zero-order chi connectivity index (χ0) is 23.4. The van der Waals surface area contributed by atoms with E-state index in [1.165, 1.54) is 0 Å². The van der Waals surface area contributed by atoms with E-state index in [9.17, 15) is 0 Å². The molecule has 1 saturated carbocycles. The highest BCUT2D eigenvalue weighted by Crippen LogP contribution is 2.48. The van der Waals surface area contributed by atoms with Crippen LogP contribution in [0.15, 0.2) is 53.6 Å². The lowest BCUT2D eigenvalue weighted by Crippen LogP contribution is -2.36. The van der Waals surface area contributed by atoms with Crippen LogP contribution in [0.5, 0.6) is 0 Å². The summed E-state index contributed by atoms with van der Waals surface area (Å²) in [5.74, 6) is 2.18. The number of nitrogens with one attached hydrogen (secondary N) is 1. The van der Waals surface area contributed by atoms with Crippen molar-refractivity contribution in [3.8, 4) is 22.7 Å². The molecule has 3 N–H and O–H groups in total. The molecule has 1 aliphatic carbocycles. The summed E-state index contributed by atoms with van der Waals surface area (Å²) in [5.41, 5.74) is 8.74. The van der Waals surface area contributed by atoms with Gasteiger partial charge < -0.3 is 20.3 Å². The minimum atomic E-state index is -0.291. The number of pyridine rings is 2. The number of nitrogens with two attached hydrogens (primary N) is 1. The van der Waals surface area contributed by atoms with Gasteiger partial charge >= 0.3 is 0 Å². The van der Waals surface area contributed by atoms with Crippen molar-refractivity contribution >= 4 is 11.8 Å². The van der Waals surface area contributed by atoms with E-state index in [2.05, 4.69) is 36.5 Å². The van der Waals surface area contributed by atoms with E-state index in [4.69, 9.17) is 20.0 Å². The van der Waals surface area contributed by atoms with Gasteiger partial charge in [0.2, 0.25) is 5.95 Å². The predicted octanol–water partition coefficient (Wildman–Crippen LogP) is 3.48. The van der Waals surface area contributed by atoms with Crippen molar-refractivity contribution in [2.75, 3.05) is 31.3 Å². The quantitative estimate of drug-likeness (QED) is 0.358. The molecule has 0 bridgehead atoms. The smallest absolute Gasteiger partial charge is 0.259 e. The highest BCUT2D eigenvalue weighted by Gasteiger charge is 2.44. The lowest BCUT2D eigenvalue weighted by molar-refractivity contribution is 0.198. The number of nitrogen functional groups attached to an aromatic ring is 1. The summed E-state index contributed by atoms with van der Waals surface area (Å²) in [7, 11) is 1.70. The molecular formula is C24H26N8O2. The SMILES string of the molecule is COCCCNc1ccc(-c2nc(C3(c4ccc(-c5cnc(N)nc5)nc4)CCC3)no2)cn1. The van der Waals surface area contributed by atoms with E-state index in [1.54, 1.807) is 25.7 Å². The molecule has 0 radical (unpaired) electrons. The molecule has 0 unspecified atom stereocenters. The lowest BCUT2D eigenvalue weighted by atomic mass is 9.64. The second-order valence-corrected chi connectivity index (χ2v) is 8.33. The normalized spacial score (nSPS) is 14.5. The number of anilines is 2. The molecule has 1 fully saturated rings. The van der Waals surface area contributed by atoms with Gasteiger partial charge in [0.05, 0.1) is 16.7 Å². The highest BCUT2D eigenvalue weighted by molar-refractivity contribution is 5.58. The van der Waals surface area contributed by atoms with E-state index >= 15 is 0 Å². The molecule has 0 saturated heterocycles. The Labute approximate surface area is 197 Å². The van der Waals surface area contributed by atoms with Crippen LogP contribution < -0.4 is 11.1 Å². The zero-order valence-electron chi connectivity index (χ0n) is 18.9. The molecule has 1 aliphatic rings. The molecule has 0 aromatic carbocycles. The maximum atomic E-state index is 5.62. The molecule has 0 atom stereocenters. The largest absolute Gasteiger partial charge is 0.385 e. The van der Waals surface area contributed by atoms with Gasteiger partial charge in [0.15, 0.2) is 5.82 Å². The Bertz CT molecular complexity index is 1220. The highest BCUT2D eigenvalue weighted by atomic mass is 16.5. The number of aromatic nitrogens is 6. The van der Waals surface area contributed by atoms with Crippen molar-refractivity contribution in [3.63, 3.8) is 0 Å². The molecule has 174 valence electrons. The maximum absolute atomic E-state index is 5.62. The topological polar surface area (TPSA) is 138 Å². The summed E-state index contributed by atoms with van der Waals surface area (Å²) >= 11 is 0. The van der Waals surface area contributed by atoms with Crippen LogP contribution in [0, 0.1) is 0 Å². The fourth-order valence-corrected chi connectivity index (χ4v) is 4.08. The Balaban J connectivity index is 1.32. The minimum Gasteiger partial charge on any atom is -0.385 e. The first-order chi connectivity index (χ1) is 16.7. The van der Waals surface area contributed by atoms with Crippen LogP contribution in [0.2, 0.25) is 0 Å². The third-order valence-electron chi connectivity index (χ3n) is 6.19. The van der Waals surface area contributed by atoms with Crippen LogP contribution in [-0.4, -0.2) is 50.3 Å². The third-order valence-corrected chi connectivity index (χ3v) is 6.19. The Hall–Kier alpha value is -3.92. The van der Waals surface area contributed by atoms with Gasteiger partial charge in [-0.25, -0.2) is 15.0 Å². The fraction of sp³-hybridized carbons (Fsp3) is 0.333. The number of hydrogen-bond acceptors (Lipinski definition) is 10. The third kappa shape index (κ3) is 4.32. The van der Waals surface area contributed by atoms with Gasteiger partial charge in [-0.1, -0.05) is 17.6 Å². The predicted molar refractivity (Wildman–Crippen MR) is 127 cm³/mol. The summed E-state index contributed by atoms with van der Waals surface area (Å²) in [6, 6.07) is 7.88. The van der Waals surface area contributed by atoms with E-state index in [-0.39, 0.29) is 11.4 Å². The summed E-state index contributed by atoms with van der Waals surface area (Å²) < 4.78 is 10.7. The van der Waals surface area contributed by atoms with E-state index in [0.29, 0.717) is 18.3 Å². The van der Waals surface area contributed by atoms with Crippen LogP contribution in [-0.2, 0) is 10.2 Å². The van der Waals surface area contributed by atoms with E-state index in [0.717, 1.165) is 60.4 Å². The van der Waals surface area contributed by atoms with Crippen molar-refractivity contribution in [1.82, 2.24) is 30.1 Å². The summed E-state index contributed by atoms with van der Waals surface area (Å²) in [5, 5.41) is 7.61. The van der Waals surface area contributed by atoms with Crippen LogP contribution in [0.3, 0.4) is 0 Å². The number of rotatable bonds is 9. The Morgan fingerprint density at radius 1 is 1.00 bits per heavy atom. The van der Waals surface area contributed by atoms with Crippen LogP contribution in [0.4, 0.5) is 11.8 Å². The molecule has 0 amide bonds. The Kier molecular flexibility index (Phi) is 6.13. The number of nitrogens with zero attached hydrogens (tertiary/aromatic N) is 6. The molecule has 0 aliphatic heterocycles. The molecule has 5 rings (SSSR count). The first kappa shape index (κ1) is 21.9. The molecule has 4 heterocycles. The van der Waals surface area contributed by atoms with Crippen molar-refractivity contribution in [2.45, 2.75) is 31.1 Å². The van der Waals surface area contributed by atoms with Gasteiger partial charge in [-0.15, -0.1) is 0 Å². The van der Waals surface area contributed by atoms with Crippen molar-refractivity contribution < 1.29 is 9.26 Å². The molecule has 10 nitrogen and oxygen atoms in total. The van der Waals surface area contributed by atoms with E-state index < -0.39 is 0 Å². The average molecular weight is 459 g/mol. The zero-order valence-corrected chi connectivity index (χ0v) is 18.9. The summed E-state index contributed by atoms with van der Waals surface area (Å²) in [4.78, 5) is 21.9. The van der Waals surface area contributed by atoms with Crippen molar-refractivity contribution in [1.29, 1.82) is 0 Å². The molecule has 4 aromatic heterocycles. The maximum Gasteiger partial charge on any atom is 0.259 e. The van der Waals surface area contributed by atoms with Crippen LogP contribution in [0.1, 0.15) is 37.1 Å². The second kappa shape index (κ2) is 9.52. The van der Waals surface area contributed by atoms with E-state index in [1.807, 2.05) is 24.4 Å². The van der Waals surface area contributed by atoms with Gasteiger partial charge in [-0.3, -0.25) is 4.98 Å². The number of ether oxygens (including phenoxy) is 1. The van der Waals surface area contributed by atoms with Gasteiger partial charge in [0.1, 0.15) is 5.82 Å². The van der Waals surface area contributed by atoms with Gasteiger partial charge in [-0.2, -0.15) is 4.98 Å². The number of methoxy groups -OCH3 is 1. The van der Waals surface area contributed by atoms with Crippen molar-refractivity contribution in [3.05, 3.63) is 60.4 Å².